The van der Waals surface area contributed by atoms with Crippen molar-refractivity contribution in [1.82, 2.24) is 29.5 Å². The smallest absolute Gasteiger partial charge is 0.173 e. The molecule has 0 saturated carbocycles. The summed E-state index contributed by atoms with van der Waals surface area (Å²) in [4.78, 5) is 14.8. The Bertz CT molecular complexity index is 631. The minimum atomic E-state index is 0.775. The van der Waals surface area contributed by atoms with Crippen LogP contribution in [0.3, 0.4) is 0 Å². The SMILES string of the molecule is c1ccc2[nH]cnc2c1.c1cn2ncnc2cn1. The van der Waals surface area contributed by atoms with E-state index < -0.39 is 0 Å². The van der Waals surface area contributed by atoms with Crippen LogP contribution in [-0.2, 0) is 0 Å². The van der Waals surface area contributed by atoms with E-state index in [1.54, 1.807) is 29.4 Å². The predicted octanol–water partition coefficient (Wildman–Crippen LogP) is 1.69. The Morgan fingerprint density at radius 1 is 1.11 bits per heavy atom. The van der Waals surface area contributed by atoms with Gasteiger partial charge in [0.05, 0.1) is 23.6 Å². The van der Waals surface area contributed by atoms with Crippen molar-refractivity contribution in [3.63, 3.8) is 0 Å². The molecule has 3 aromatic heterocycles. The normalized spacial score (nSPS) is 10.2. The fraction of sp³-hybridized carbons (Fsp3) is 0. The molecule has 0 spiro atoms. The average Bonchev–Trinajstić information content (AvgIpc) is 3.08. The van der Waals surface area contributed by atoms with E-state index in [0.29, 0.717) is 0 Å². The molecular formula is C12H10N6. The summed E-state index contributed by atoms with van der Waals surface area (Å²) in [6.07, 6.45) is 8.28. The molecule has 1 aromatic carbocycles. The Balaban J connectivity index is 0.000000111. The van der Waals surface area contributed by atoms with Crippen LogP contribution in [0.2, 0.25) is 0 Å². The highest BCUT2D eigenvalue weighted by Gasteiger charge is 1.89. The average molecular weight is 238 g/mol. The van der Waals surface area contributed by atoms with Gasteiger partial charge < -0.3 is 4.98 Å². The van der Waals surface area contributed by atoms with E-state index in [1.165, 1.54) is 6.33 Å². The van der Waals surface area contributed by atoms with E-state index in [4.69, 9.17) is 0 Å². The zero-order valence-electron chi connectivity index (χ0n) is 9.43. The van der Waals surface area contributed by atoms with E-state index in [9.17, 15) is 0 Å². The first-order valence-electron chi connectivity index (χ1n) is 5.41. The molecule has 0 aliphatic rings. The maximum Gasteiger partial charge on any atom is 0.173 e. The Morgan fingerprint density at radius 3 is 2.94 bits per heavy atom. The summed E-state index contributed by atoms with van der Waals surface area (Å²) in [5.41, 5.74) is 2.90. The van der Waals surface area contributed by atoms with Crippen molar-refractivity contribution in [2.75, 3.05) is 0 Å². The number of aromatic amines is 1. The van der Waals surface area contributed by atoms with Crippen LogP contribution in [-0.4, -0.2) is 29.5 Å². The van der Waals surface area contributed by atoms with E-state index >= 15 is 0 Å². The number of benzene rings is 1. The van der Waals surface area contributed by atoms with Crippen molar-refractivity contribution in [3.8, 4) is 0 Å². The predicted molar refractivity (Wildman–Crippen MR) is 66.9 cm³/mol. The van der Waals surface area contributed by atoms with Gasteiger partial charge >= 0.3 is 0 Å². The largest absolute Gasteiger partial charge is 0.345 e. The van der Waals surface area contributed by atoms with Crippen LogP contribution >= 0.6 is 0 Å². The minimum absolute atomic E-state index is 0.775. The van der Waals surface area contributed by atoms with Gasteiger partial charge in [0, 0.05) is 12.4 Å². The Hall–Kier alpha value is -2.76. The second-order valence-corrected chi connectivity index (χ2v) is 3.56. The highest BCUT2D eigenvalue weighted by molar-refractivity contribution is 5.73. The molecule has 6 nitrogen and oxygen atoms in total. The van der Waals surface area contributed by atoms with Gasteiger partial charge in [-0.2, -0.15) is 5.10 Å². The molecular weight excluding hydrogens is 228 g/mol. The summed E-state index contributed by atoms with van der Waals surface area (Å²) < 4.78 is 1.66. The van der Waals surface area contributed by atoms with Crippen molar-refractivity contribution in [1.29, 1.82) is 0 Å². The Kier molecular flexibility index (Phi) is 2.67. The van der Waals surface area contributed by atoms with Crippen molar-refractivity contribution in [2.45, 2.75) is 0 Å². The summed E-state index contributed by atoms with van der Waals surface area (Å²) in [5.74, 6) is 0. The number of fused-ring (bicyclic) bond motifs is 2. The lowest BCUT2D eigenvalue weighted by Gasteiger charge is -1.84. The number of hydrogen-bond donors (Lipinski definition) is 1. The summed E-state index contributed by atoms with van der Waals surface area (Å²) in [6.45, 7) is 0. The number of para-hydroxylation sites is 2. The molecule has 18 heavy (non-hydrogen) atoms. The van der Waals surface area contributed by atoms with E-state index in [-0.39, 0.29) is 0 Å². The Morgan fingerprint density at radius 2 is 2.06 bits per heavy atom. The van der Waals surface area contributed by atoms with Crippen LogP contribution in [0.15, 0.2) is 55.5 Å². The second kappa shape index (κ2) is 4.62. The number of aromatic nitrogens is 6. The highest BCUT2D eigenvalue weighted by atomic mass is 15.3. The molecule has 88 valence electrons. The van der Waals surface area contributed by atoms with Crippen molar-refractivity contribution >= 4 is 16.7 Å². The molecule has 1 N–H and O–H groups in total. The summed E-state index contributed by atoms with van der Waals surface area (Å²) in [7, 11) is 0. The number of hydrogen-bond acceptors (Lipinski definition) is 4. The van der Waals surface area contributed by atoms with E-state index in [2.05, 4.69) is 25.0 Å². The minimum Gasteiger partial charge on any atom is -0.345 e. The second-order valence-electron chi connectivity index (χ2n) is 3.56. The molecule has 0 aliphatic heterocycles. The first-order valence-corrected chi connectivity index (χ1v) is 5.41. The highest BCUT2D eigenvalue weighted by Crippen LogP contribution is 2.05. The summed E-state index contributed by atoms with van der Waals surface area (Å²) >= 11 is 0. The molecule has 4 rings (SSSR count). The molecule has 4 aromatic rings. The topological polar surface area (TPSA) is 71.8 Å². The first kappa shape index (κ1) is 10.4. The molecule has 0 fully saturated rings. The van der Waals surface area contributed by atoms with Gasteiger partial charge in [-0.25, -0.2) is 14.5 Å². The molecule has 3 heterocycles. The quantitative estimate of drug-likeness (QED) is 0.506. The molecule has 0 saturated heterocycles. The summed E-state index contributed by atoms with van der Waals surface area (Å²) in [6, 6.07) is 7.94. The van der Waals surface area contributed by atoms with Crippen LogP contribution in [0.25, 0.3) is 16.7 Å². The van der Waals surface area contributed by atoms with E-state index in [1.807, 2.05) is 24.3 Å². The molecule has 0 atom stereocenters. The number of H-pyrrole nitrogens is 1. The first-order chi connectivity index (χ1) is 8.93. The fourth-order valence-electron chi connectivity index (χ4n) is 1.56. The number of nitrogens with zero attached hydrogens (tertiary/aromatic N) is 5. The summed E-state index contributed by atoms with van der Waals surface area (Å²) in [5, 5.41) is 3.88. The number of rotatable bonds is 0. The van der Waals surface area contributed by atoms with Crippen LogP contribution in [0.1, 0.15) is 0 Å². The molecule has 0 aliphatic carbocycles. The van der Waals surface area contributed by atoms with Gasteiger partial charge in [-0.15, -0.1) is 0 Å². The van der Waals surface area contributed by atoms with Crippen LogP contribution in [0, 0.1) is 0 Å². The zero-order chi connectivity index (χ0) is 12.2. The zero-order valence-corrected chi connectivity index (χ0v) is 9.43. The monoisotopic (exact) mass is 238 g/mol. The lowest BCUT2D eigenvalue weighted by Crippen LogP contribution is -1.84. The van der Waals surface area contributed by atoms with Gasteiger partial charge in [-0.05, 0) is 12.1 Å². The third-order valence-electron chi connectivity index (χ3n) is 2.41. The van der Waals surface area contributed by atoms with E-state index in [0.717, 1.165) is 16.7 Å². The lowest BCUT2D eigenvalue weighted by atomic mass is 10.3. The fourth-order valence-corrected chi connectivity index (χ4v) is 1.56. The third-order valence-corrected chi connectivity index (χ3v) is 2.41. The van der Waals surface area contributed by atoms with Crippen molar-refractivity contribution < 1.29 is 0 Å². The molecule has 0 amide bonds. The van der Waals surface area contributed by atoms with Crippen LogP contribution in [0.5, 0.6) is 0 Å². The number of imidazole rings is 1. The molecule has 0 bridgehead atoms. The molecule has 0 radical (unpaired) electrons. The third kappa shape index (κ3) is 2.03. The lowest BCUT2D eigenvalue weighted by molar-refractivity contribution is 0.946. The molecule has 0 unspecified atom stereocenters. The Labute approximate surface area is 102 Å². The maximum atomic E-state index is 4.06. The molecule has 6 heteroatoms. The van der Waals surface area contributed by atoms with Gasteiger partial charge in [-0.1, -0.05) is 12.1 Å². The van der Waals surface area contributed by atoms with Gasteiger partial charge in [0.1, 0.15) is 6.33 Å². The van der Waals surface area contributed by atoms with Crippen molar-refractivity contribution in [3.05, 3.63) is 55.5 Å². The van der Waals surface area contributed by atoms with Gasteiger partial charge in [0.25, 0.3) is 0 Å². The van der Waals surface area contributed by atoms with Crippen LogP contribution in [0.4, 0.5) is 0 Å². The number of nitrogens with one attached hydrogen (secondary N) is 1. The van der Waals surface area contributed by atoms with Crippen LogP contribution < -0.4 is 0 Å². The standard InChI is InChI=1S/C7H6N2.C5H4N4/c1-2-4-7-6(3-1)8-5-9-7;1-2-9-5(3-6-1)7-4-8-9/h1-5H,(H,8,9);1-4H. The van der Waals surface area contributed by atoms with Gasteiger partial charge in [0.15, 0.2) is 5.65 Å². The maximum absolute atomic E-state index is 4.06. The van der Waals surface area contributed by atoms with Crippen molar-refractivity contribution in [2.24, 2.45) is 0 Å². The van der Waals surface area contributed by atoms with Gasteiger partial charge in [-0.3, -0.25) is 4.98 Å². The van der Waals surface area contributed by atoms with Gasteiger partial charge in [0.2, 0.25) is 0 Å².